The summed E-state index contributed by atoms with van der Waals surface area (Å²) >= 11 is 6.35. The Kier molecular flexibility index (Phi) is 4.66. The van der Waals surface area contributed by atoms with Crippen LogP contribution in [0.4, 0.5) is 0 Å². The fourth-order valence-corrected chi connectivity index (χ4v) is 3.29. The van der Waals surface area contributed by atoms with Crippen LogP contribution >= 0.6 is 22.9 Å². The van der Waals surface area contributed by atoms with Crippen molar-refractivity contribution in [2.24, 2.45) is 0 Å². The third kappa shape index (κ3) is 4.05. The van der Waals surface area contributed by atoms with Crippen molar-refractivity contribution in [3.63, 3.8) is 0 Å². The van der Waals surface area contributed by atoms with Gasteiger partial charge < -0.3 is 5.11 Å². The highest BCUT2D eigenvalue weighted by Gasteiger charge is 2.16. The Balaban J connectivity index is 2.50. The molecule has 1 aromatic heterocycles. The smallest absolute Gasteiger partial charge is 0.303 e. The maximum absolute atomic E-state index is 11.5. The van der Waals surface area contributed by atoms with Gasteiger partial charge in [0, 0.05) is 13.0 Å². The molecular weight excluding hydrogens is 276 g/mol. The summed E-state index contributed by atoms with van der Waals surface area (Å²) in [7, 11) is -3.61. The highest BCUT2D eigenvalue weighted by atomic mass is 35.5. The van der Waals surface area contributed by atoms with Gasteiger partial charge in [0.15, 0.2) is 8.68 Å². The molecule has 0 bridgehead atoms. The van der Waals surface area contributed by atoms with Crippen molar-refractivity contribution in [1.29, 1.82) is 0 Å². The average Bonchev–Trinajstić information content (AvgIpc) is 2.60. The van der Waals surface area contributed by atoms with E-state index in [1.54, 1.807) is 0 Å². The van der Waals surface area contributed by atoms with E-state index in [9.17, 15) is 13.2 Å². The van der Waals surface area contributed by atoms with E-state index in [0.29, 0.717) is 0 Å². The number of nitrogens with one attached hydrogen (secondary N) is 1. The molecule has 0 spiro atoms. The monoisotopic (exact) mass is 284 g/mol. The van der Waals surface area contributed by atoms with Crippen LogP contribution in [-0.2, 0) is 14.8 Å². The van der Waals surface area contributed by atoms with E-state index in [0.717, 1.165) is 17.5 Å². The fourth-order valence-electron chi connectivity index (χ4n) is 0.881. The molecule has 0 atom stereocenters. The molecule has 9 heteroatoms. The second-order valence-corrected chi connectivity index (χ2v) is 6.43. The number of hydrogen-bond acceptors (Lipinski definition) is 5. The van der Waals surface area contributed by atoms with Gasteiger partial charge in [-0.25, -0.2) is 18.1 Å². The van der Waals surface area contributed by atoms with Crippen molar-refractivity contribution in [1.82, 2.24) is 9.71 Å². The van der Waals surface area contributed by atoms with Gasteiger partial charge in [-0.3, -0.25) is 4.79 Å². The Bertz CT molecular complexity index is 470. The van der Waals surface area contributed by atoms with Crippen LogP contribution in [0.2, 0.25) is 4.47 Å². The lowest BCUT2D eigenvalue weighted by Crippen LogP contribution is -2.24. The van der Waals surface area contributed by atoms with Crippen molar-refractivity contribution in [2.75, 3.05) is 6.54 Å². The normalized spacial score (nSPS) is 11.6. The number of rotatable bonds is 6. The third-order valence-corrected chi connectivity index (χ3v) is 4.62. The van der Waals surface area contributed by atoms with Crippen molar-refractivity contribution in [2.45, 2.75) is 17.1 Å². The molecule has 0 saturated heterocycles. The Labute approximate surface area is 101 Å². The van der Waals surface area contributed by atoms with E-state index >= 15 is 0 Å². The van der Waals surface area contributed by atoms with Gasteiger partial charge in [0.05, 0.1) is 6.20 Å². The van der Waals surface area contributed by atoms with Crippen molar-refractivity contribution in [3.8, 4) is 0 Å². The Morgan fingerprint density at radius 3 is 2.81 bits per heavy atom. The predicted molar refractivity (Wildman–Crippen MR) is 59.2 cm³/mol. The first-order valence-corrected chi connectivity index (χ1v) is 6.92. The second-order valence-electron chi connectivity index (χ2n) is 2.83. The molecule has 0 aliphatic heterocycles. The van der Waals surface area contributed by atoms with Crippen LogP contribution in [0.1, 0.15) is 12.8 Å². The van der Waals surface area contributed by atoms with Crippen molar-refractivity contribution >= 4 is 38.9 Å². The summed E-state index contributed by atoms with van der Waals surface area (Å²) in [5.41, 5.74) is 0. The number of aromatic nitrogens is 1. The SMILES string of the molecule is O=C(O)CCCNS(=O)(=O)c1cnc(Cl)s1. The van der Waals surface area contributed by atoms with E-state index in [2.05, 4.69) is 9.71 Å². The number of aliphatic carboxylic acids is 1. The Morgan fingerprint density at radius 2 is 2.31 bits per heavy atom. The number of nitrogens with zero attached hydrogens (tertiary/aromatic N) is 1. The maximum Gasteiger partial charge on any atom is 0.303 e. The largest absolute Gasteiger partial charge is 0.481 e. The summed E-state index contributed by atoms with van der Waals surface area (Å²) in [5, 5.41) is 8.36. The molecule has 1 heterocycles. The van der Waals surface area contributed by atoms with Gasteiger partial charge in [-0.05, 0) is 6.42 Å². The van der Waals surface area contributed by atoms with Gasteiger partial charge >= 0.3 is 5.97 Å². The lowest BCUT2D eigenvalue weighted by Gasteiger charge is -2.02. The van der Waals surface area contributed by atoms with Gasteiger partial charge in [-0.1, -0.05) is 22.9 Å². The number of halogens is 1. The Morgan fingerprint density at radius 1 is 1.62 bits per heavy atom. The van der Waals surface area contributed by atoms with E-state index in [4.69, 9.17) is 16.7 Å². The molecule has 2 N–H and O–H groups in total. The lowest BCUT2D eigenvalue weighted by atomic mass is 10.3. The first-order chi connectivity index (χ1) is 7.42. The minimum absolute atomic E-state index is 0.0211. The number of carboxylic acid groups (broad SMARTS) is 1. The van der Waals surface area contributed by atoms with E-state index in [1.807, 2.05) is 0 Å². The van der Waals surface area contributed by atoms with Gasteiger partial charge in [0.1, 0.15) is 0 Å². The molecule has 90 valence electrons. The van der Waals surface area contributed by atoms with Crippen molar-refractivity contribution in [3.05, 3.63) is 10.7 Å². The van der Waals surface area contributed by atoms with Gasteiger partial charge in [-0.15, -0.1) is 0 Å². The molecule has 0 aliphatic carbocycles. The van der Waals surface area contributed by atoms with Crippen LogP contribution in [0, 0.1) is 0 Å². The molecule has 1 aromatic rings. The van der Waals surface area contributed by atoms with Crippen molar-refractivity contribution < 1.29 is 18.3 Å². The topological polar surface area (TPSA) is 96.4 Å². The molecule has 0 radical (unpaired) electrons. The van der Waals surface area contributed by atoms with E-state index in [-0.39, 0.29) is 28.1 Å². The number of carbonyl (C=O) groups is 1. The number of sulfonamides is 1. The summed E-state index contributed by atoms with van der Waals surface area (Å²) in [6, 6.07) is 0. The molecule has 0 aliphatic rings. The highest BCUT2D eigenvalue weighted by molar-refractivity contribution is 7.91. The first kappa shape index (κ1) is 13.4. The van der Waals surface area contributed by atoms with E-state index < -0.39 is 16.0 Å². The summed E-state index contributed by atoms with van der Waals surface area (Å²) < 4.78 is 25.5. The second kappa shape index (κ2) is 5.58. The number of thiazole rings is 1. The molecule has 16 heavy (non-hydrogen) atoms. The summed E-state index contributed by atoms with van der Waals surface area (Å²) in [6.07, 6.45) is 1.32. The summed E-state index contributed by atoms with van der Waals surface area (Å²) in [5.74, 6) is -0.958. The van der Waals surface area contributed by atoms with Crippen LogP contribution in [0.3, 0.4) is 0 Å². The van der Waals surface area contributed by atoms with Gasteiger partial charge in [0.2, 0.25) is 0 Å². The highest BCUT2D eigenvalue weighted by Crippen LogP contribution is 2.21. The minimum Gasteiger partial charge on any atom is -0.481 e. The maximum atomic E-state index is 11.5. The number of hydrogen-bond donors (Lipinski definition) is 2. The molecule has 0 aromatic carbocycles. The van der Waals surface area contributed by atoms with Crippen LogP contribution in [-0.4, -0.2) is 31.0 Å². The molecule has 1 rings (SSSR count). The van der Waals surface area contributed by atoms with Crippen LogP contribution in [0.25, 0.3) is 0 Å². The lowest BCUT2D eigenvalue weighted by molar-refractivity contribution is -0.137. The molecular formula is C7H9ClN2O4S2. The molecule has 0 unspecified atom stereocenters. The van der Waals surface area contributed by atoms with Crippen LogP contribution in [0.5, 0.6) is 0 Å². The van der Waals surface area contributed by atoms with Crippen LogP contribution in [0.15, 0.2) is 10.4 Å². The minimum atomic E-state index is -3.61. The third-order valence-electron chi connectivity index (χ3n) is 1.58. The van der Waals surface area contributed by atoms with E-state index in [1.165, 1.54) is 0 Å². The van der Waals surface area contributed by atoms with Gasteiger partial charge in [0.25, 0.3) is 10.0 Å². The van der Waals surface area contributed by atoms with Gasteiger partial charge in [-0.2, -0.15) is 0 Å². The zero-order valence-corrected chi connectivity index (χ0v) is 10.4. The molecule has 6 nitrogen and oxygen atoms in total. The number of carboxylic acids is 1. The summed E-state index contributed by atoms with van der Waals surface area (Å²) in [6.45, 7) is 0.0736. The molecule has 0 saturated carbocycles. The molecule has 0 fully saturated rings. The Hall–Kier alpha value is -0.700. The van der Waals surface area contributed by atoms with Crippen LogP contribution < -0.4 is 4.72 Å². The standard InChI is InChI=1S/C7H9ClN2O4S2/c8-7-9-4-6(15-7)16(13,14)10-3-1-2-5(11)12/h4,10H,1-3H2,(H,11,12). The predicted octanol–water partition coefficient (Wildman–Crippen LogP) is 0.940. The summed E-state index contributed by atoms with van der Waals surface area (Å²) in [4.78, 5) is 13.8. The quantitative estimate of drug-likeness (QED) is 0.758. The zero-order chi connectivity index (χ0) is 12.2. The first-order valence-electron chi connectivity index (χ1n) is 4.24. The fraction of sp³-hybridized carbons (Fsp3) is 0.429. The average molecular weight is 285 g/mol. The molecule has 0 amide bonds. The zero-order valence-electron chi connectivity index (χ0n) is 8.01.